The molecule has 0 bridgehead atoms. The van der Waals surface area contributed by atoms with E-state index in [2.05, 4.69) is 15.6 Å². The van der Waals surface area contributed by atoms with Crippen LogP contribution in [0, 0.1) is 12.7 Å². The van der Waals surface area contributed by atoms with Crippen LogP contribution in [-0.2, 0) is 0 Å². The van der Waals surface area contributed by atoms with Crippen molar-refractivity contribution in [1.29, 1.82) is 0 Å². The molecule has 1 aliphatic heterocycles. The molecule has 1 aromatic rings. The van der Waals surface area contributed by atoms with E-state index in [1.165, 1.54) is 12.1 Å². The third kappa shape index (κ3) is 1.84. The average Bonchev–Trinajstić information content (AvgIpc) is 2.62. The number of aliphatic imine (C=N–C) groups is 1. The van der Waals surface area contributed by atoms with Crippen LogP contribution in [0.1, 0.15) is 5.56 Å². The lowest BCUT2D eigenvalue weighted by molar-refractivity contribution is 0.627. The summed E-state index contributed by atoms with van der Waals surface area (Å²) in [4.78, 5) is 4.20. The minimum Gasteiger partial charge on any atom is -0.354 e. The lowest BCUT2D eigenvalue weighted by atomic mass is 10.2. The van der Waals surface area contributed by atoms with Crippen molar-refractivity contribution in [3.05, 3.63) is 29.6 Å². The van der Waals surface area contributed by atoms with E-state index in [9.17, 15) is 4.39 Å². The molecule has 0 aliphatic carbocycles. The number of hydrogen-bond acceptors (Lipinski definition) is 3. The zero-order valence-corrected chi connectivity index (χ0v) is 7.97. The molecule has 0 atom stereocenters. The fourth-order valence-corrected chi connectivity index (χ4v) is 1.38. The number of aryl methyl sites for hydroxylation is 1. The molecule has 2 N–H and O–H groups in total. The minimum atomic E-state index is -0.214. The van der Waals surface area contributed by atoms with Gasteiger partial charge in [-0.1, -0.05) is 0 Å². The van der Waals surface area contributed by atoms with E-state index in [0.29, 0.717) is 0 Å². The maximum absolute atomic E-state index is 12.8. The van der Waals surface area contributed by atoms with Crippen molar-refractivity contribution in [3.8, 4) is 0 Å². The van der Waals surface area contributed by atoms with Crippen LogP contribution in [0.15, 0.2) is 23.2 Å². The summed E-state index contributed by atoms with van der Waals surface area (Å²) in [6, 6.07) is 4.65. The van der Waals surface area contributed by atoms with Gasteiger partial charge in [0.15, 0.2) is 5.96 Å². The highest BCUT2D eigenvalue weighted by atomic mass is 19.1. The molecular formula is C10H12FN3. The number of benzene rings is 1. The summed E-state index contributed by atoms with van der Waals surface area (Å²) >= 11 is 0. The minimum absolute atomic E-state index is 0.214. The molecule has 4 heteroatoms. The largest absolute Gasteiger partial charge is 0.354 e. The number of guanidine groups is 1. The highest BCUT2D eigenvalue weighted by molar-refractivity contribution is 5.95. The Morgan fingerprint density at radius 1 is 1.50 bits per heavy atom. The first-order valence-electron chi connectivity index (χ1n) is 4.57. The first-order chi connectivity index (χ1) is 6.75. The topological polar surface area (TPSA) is 36.4 Å². The van der Waals surface area contributed by atoms with E-state index in [1.807, 2.05) is 6.92 Å². The van der Waals surface area contributed by atoms with Crippen LogP contribution in [0.5, 0.6) is 0 Å². The van der Waals surface area contributed by atoms with Crippen LogP contribution in [0.4, 0.5) is 10.1 Å². The van der Waals surface area contributed by atoms with E-state index in [1.54, 1.807) is 6.07 Å². The van der Waals surface area contributed by atoms with Gasteiger partial charge in [0, 0.05) is 12.2 Å². The van der Waals surface area contributed by atoms with Crippen LogP contribution < -0.4 is 10.6 Å². The predicted molar refractivity (Wildman–Crippen MR) is 55.1 cm³/mol. The molecule has 0 saturated heterocycles. The van der Waals surface area contributed by atoms with Crippen molar-refractivity contribution in [2.45, 2.75) is 6.92 Å². The Morgan fingerprint density at radius 3 is 3.00 bits per heavy atom. The summed E-state index contributed by atoms with van der Waals surface area (Å²) < 4.78 is 12.8. The van der Waals surface area contributed by atoms with Crippen molar-refractivity contribution < 1.29 is 4.39 Å². The maximum atomic E-state index is 12.8. The van der Waals surface area contributed by atoms with E-state index in [0.717, 1.165) is 30.3 Å². The standard InChI is InChI=1S/C10H12FN3/c1-7-6-8(11)2-3-9(7)14-10-12-4-5-13-10/h2-3,6H,4-5H2,1H3,(H2,12,13,14). The summed E-state index contributed by atoms with van der Waals surface area (Å²) in [5.74, 6) is 0.550. The fraction of sp³-hybridized carbons (Fsp3) is 0.300. The Hall–Kier alpha value is -1.58. The van der Waals surface area contributed by atoms with Gasteiger partial charge in [-0.05, 0) is 30.7 Å². The number of rotatable bonds is 1. The summed E-state index contributed by atoms with van der Waals surface area (Å²) in [7, 11) is 0. The molecule has 0 fully saturated rings. The number of hydrogen-bond donors (Lipinski definition) is 2. The molecule has 1 heterocycles. The van der Waals surface area contributed by atoms with E-state index in [-0.39, 0.29) is 5.82 Å². The fourth-order valence-electron chi connectivity index (χ4n) is 1.38. The predicted octanol–water partition coefficient (Wildman–Crippen LogP) is 1.51. The number of halogens is 1. The van der Waals surface area contributed by atoms with Gasteiger partial charge in [-0.3, -0.25) is 4.99 Å². The van der Waals surface area contributed by atoms with Gasteiger partial charge in [0.2, 0.25) is 0 Å². The van der Waals surface area contributed by atoms with Gasteiger partial charge in [0.1, 0.15) is 5.82 Å². The zero-order valence-electron chi connectivity index (χ0n) is 7.97. The molecule has 1 aliphatic rings. The Labute approximate surface area is 82.0 Å². The molecule has 0 radical (unpaired) electrons. The maximum Gasteiger partial charge on any atom is 0.195 e. The van der Waals surface area contributed by atoms with E-state index in [4.69, 9.17) is 0 Å². The summed E-state index contributed by atoms with van der Waals surface area (Å²) in [6.07, 6.45) is 0. The Morgan fingerprint density at radius 2 is 2.36 bits per heavy atom. The normalized spacial score (nSPS) is 14.9. The lowest BCUT2D eigenvalue weighted by Crippen LogP contribution is -2.26. The number of anilines is 1. The molecule has 2 rings (SSSR count). The van der Waals surface area contributed by atoms with Gasteiger partial charge in [-0.25, -0.2) is 4.39 Å². The number of nitrogens with zero attached hydrogens (tertiary/aromatic N) is 1. The molecule has 0 amide bonds. The Bertz CT molecular complexity index is 374. The summed E-state index contributed by atoms with van der Waals surface area (Å²) in [5, 5.41) is 6.20. The lowest BCUT2D eigenvalue weighted by Gasteiger charge is -2.09. The van der Waals surface area contributed by atoms with Crippen LogP contribution in [-0.4, -0.2) is 19.0 Å². The monoisotopic (exact) mass is 193 g/mol. The molecule has 0 aromatic heterocycles. The van der Waals surface area contributed by atoms with E-state index >= 15 is 0 Å². The van der Waals surface area contributed by atoms with Crippen molar-refractivity contribution in [3.63, 3.8) is 0 Å². The van der Waals surface area contributed by atoms with Crippen LogP contribution in [0.3, 0.4) is 0 Å². The second-order valence-electron chi connectivity index (χ2n) is 3.24. The molecule has 0 unspecified atom stereocenters. The number of nitrogens with one attached hydrogen (secondary N) is 2. The molecule has 0 spiro atoms. The van der Waals surface area contributed by atoms with Gasteiger partial charge in [0.05, 0.1) is 6.54 Å². The molecule has 14 heavy (non-hydrogen) atoms. The van der Waals surface area contributed by atoms with Gasteiger partial charge >= 0.3 is 0 Å². The smallest absolute Gasteiger partial charge is 0.195 e. The third-order valence-electron chi connectivity index (χ3n) is 2.12. The first kappa shape index (κ1) is 8.99. The SMILES string of the molecule is Cc1cc(F)ccc1NC1=NCCN1. The molecule has 74 valence electrons. The summed E-state index contributed by atoms with van der Waals surface area (Å²) in [6.45, 7) is 3.52. The molecule has 1 aromatic carbocycles. The third-order valence-corrected chi connectivity index (χ3v) is 2.12. The zero-order chi connectivity index (χ0) is 9.97. The van der Waals surface area contributed by atoms with Crippen molar-refractivity contribution >= 4 is 11.6 Å². The van der Waals surface area contributed by atoms with E-state index < -0.39 is 0 Å². The van der Waals surface area contributed by atoms with Gasteiger partial charge < -0.3 is 10.6 Å². The van der Waals surface area contributed by atoms with Crippen LogP contribution in [0.25, 0.3) is 0 Å². The summed E-state index contributed by atoms with van der Waals surface area (Å²) in [5.41, 5.74) is 1.76. The Kier molecular flexibility index (Phi) is 2.35. The molecule has 0 saturated carbocycles. The van der Waals surface area contributed by atoms with Crippen molar-refractivity contribution in [2.24, 2.45) is 4.99 Å². The highest BCUT2D eigenvalue weighted by Gasteiger charge is 2.06. The van der Waals surface area contributed by atoms with Crippen LogP contribution >= 0.6 is 0 Å². The van der Waals surface area contributed by atoms with Gasteiger partial charge in [0.25, 0.3) is 0 Å². The van der Waals surface area contributed by atoms with Crippen molar-refractivity contribution in [1.82, 2.24) is 5.32 Å². The second-order valence-corrected chi connectivity index (χ2v) is 3.24. The second kappa shape index (κ2) is 3.65. The van der Waals surface area contributed by atoms with Gasteiger partial charge in [-0.15, -0.1) is 0 Å². The average molecular weight is 193 g/mol. The quantitative estimate of drug-likeness (QED) is 0.709. The molecule has 3 nitrogen and oxygen atoms in total. The van der Waals surface area contributed by atoms with Crippen molar-refractivity contribution in [2.75, 3.05) is 18.4 Å². The Balaban J connectivity index is 2.16. The highest BCUT2D eigenvalue weighted by Crippen LogP contribution is 2.15. The van der Waals surface area contributed by atoms with Crippen LogP contribution in [0.2, 0.25) is 0 Å². The van der Waals surface area contributed by atoms with Gasteiger partial charge in [-0.2, -0.15) is 0 Å². The molecular weight excluding hydrogens is 181 g/mol. The first-order valence-corrected chi connectivity index (χ1v) is 4.57.